The number of likely N-dealkylation sites (tertiary alicyclic amines) is 1. The van der Waals surface area contributed by atoms with Gasteiger partial charge in [0.1, 0.15) is 54.8 Å². The minimum Gasteiger partial charge on any atom is -0.490 e. The van der Waals surface area contributed by atoms with Crippen LogP contribution < -0.4 is 41.3 Å². The van der Waals surface area contributed by atoms with E-state index in [0.29, 0.717) is 97.8 Å². The van der Waals surface area contributed by atoms with Gasteiger partial charge in [-0.25, -0.2) is 15.2 Å². The first-order valence-electron chi connectivity index (χ1n) is 26.7. The average Bonchev–Trinajstić information content (AvgIpc) is 4.19. The van der Waals surface area contributed by atoms with Crippen LogP contribution in [0.4, 0.5) is 10.2 Å². The highest BCUT2D eigenvalue weighted by Gasteiger charge is 2.50. The molecule has 5 aliphatic heterocycles. The lowest BCUT2D eigenvalue weighted by molar-refractivity contribution is -0.139. The fourth-order valence-electron chi connectivity index (χ4n) is 12.2. The Morgan fingerprint density at radius 1 is 1.03 bits per heavy atom. The molecule has 77 heavy (non-hydrogen) atoms. The molecule has 7 aromatic rings. The largest absolute Gasteiger partial charge is 0.490 e. The van der Waals surface area contributed by atoms with E-state index < -0.39 is 6.04 Å². The minimum absolute atomic E-state index is 0.0365. The van der Waals surface area contributed by atoms with Gasteiger partial charge in [-0.3, -0.25) is 14.7 Å². The molecule has 6 aliphatic rings. The summed E-state index contributed by atoms with van der Waals surface area (Å²) >= 11 is 1.60. The van der Waals surface area contributed by atoms with E-state index >= 15 is 4.39 Å². The van der Waals surface area contributed by atoms with Gasteiger partial charge in [0.2, 0.25) is 11.8 Å². The zero-order valence-electron chi connectivity index (χ0n) is 43.0. The Morgan fingerprint density at radius 2 is 1.83 bits per heavy atom. The molecule has 8 heterocycles. The Hall–Kier alpha value is -7.39. The number of benzene rings is 4. The standard InChI is InChI=1S/C57H61FN12O6S/c1-30-40(58)21-42-39(24-64-67-42)47(30)49-48(35-13-14-35)52-50-51(65-57(76-38-15-18-73-19-16-38)66-55(50)70-37-20-43(61-23-37)45(70)28-75-52)53(49)74-27-33-7-9-34(10-8-33)41(59)25-68(60)26-46(71)69-17-3-4-44(69)56(72)62-22-32-5-11-36(12-6-32)54-31(2)63-29-77-54/h5-12,21,24-25,29,35,37-38,43-45,61H,3-4,13-20,22-23,26-28,59-60H2,1-2H3,(H,62,72)(H,64,67)/b41-25-. The van der Waals surface area contributed by atoms with Crippen molar-refractivity contribution in [1.29, 1.82) is 0 Å². The highest BCUT2D eigenvalue weighted by Crippen LogP contribution is 2.59. The summed E-state index contributed by atoms with van der Waals surface area (Å²) in [7, 11) is 0. The number of fused-ring (bicyclic) bond motifs is 7. The summed E-state index contributed by atoms with van der Waals surface area (Å²) in [5.74, 6) is 7.70. The third-order valence-corrected chi connectivity index (χ3v) is 17.2. The molecule has 7 N–H and O–H groups in total. The molecule has 4 aromatic carbocycles. The van der Waals surface area contributed by atoms with E-state index in [1.165, 1.54) is 17.3 Å². The van der Waals surface area contributed by atoms with Crippen LogP contribution in [0.1, 0.15) is 84.4 Å². The van der Waals surface area contributed by atoms with Crippen LogP contribution >= 0.6 is 11.3 Å². The summed E-state index contributed by atoms with van der Waals surface area (Å²) < 4.78 is 42.8. The summed E-state index contributed by atoms with van der Waals surface area (Å²) in [5.41, 5.74) is 17.3. The van der Waals surface area contributed by atoms with Gasteiger partial charge in [0.25, 0.3) is 0 Å². The fraction of sp³-hybridized carbons (Fsp3) is 0.404. The predicted molar refractivity (Wildman–Crippen MR) is 290 cm³/mol. The molecule has 1 saturated carbocycles. The third-order valence-electron chi connectivity index (χ3n) is 16.3. The number of piperazine rings is 1. The highest BCUT2D eigenvalue weighted by molar-refractivity contribution is 7.13. The maximum atomic E-state index is 16.2. The zero-order chi connectivity index (χ0) is 52.5. The molecular weight excluding hydrogens is 1000 g/mol. The summed E-state index contributed by atoms with van der Waals surface area (Å²) in [6.07, 6.45) is 8.70. The molecule has 18 nitrogen and oxygen atoms in total. The van der Waals surface area contributed by atoms with Crippen LogP contribution in [0.2, 0.25) is 0 Å². The topological polar surface area (TPSA) is 224 Å². The van der Waals surface area contributed by atoms with Crippen molar-refractivity contribution in [2.75, 3.05) is 44.4 Å². The quantitative estimate of drug-likeness (QED) is 0.0509. The maximum Gasteiger partial charge on any atom is 0.319 e. The number of carbonyl (C=O) groups excluding carboxylic acids is 2. The number of carbonyl (C=O) groups is 2. The number of rotatable bonds is 15. The predicted octanol–water partition coefficient (Wildman–Crippen LogP) is 7.12. The number of halogens is 1. The number of nitrogens with two attached hydrogens (primary N) is 2. The molecule has 3 aromatic heterocycles. The number of nitrogens with zero attached hydrogens (tertiary/aromatic N) is 7. The molecular formula is C57H61FN12O6S. The van der Waals surface area contributed by atoms with Crippen LogP contribution in [0.3, 0.4) is 0 Å². The Bertz CT molecular complexity index is 3450. The molecule has 13 rings (SSSR count). The zero-order valence-corrected chi connectivity index (χ0v) is 43.8. The van der Waals surface area contributed by atoms with Crippen molar-refractivity contribution < 1.29 is 32.9 Å². The number of thiazole rings is 1. The number of amides is 2. The second kappa shape index (κ2) is 20.2. The molecule has 1 aliphatic carbocycles. The van der Waals surface area contributed by atoms with E-state index in [1.807, 2.05) is 61.0 Å². The van der Waals surface area contributed by atoms with Gasteiger partial charge in [0.15, 0.2) is 5.75 Å². The van der Waals surface area contributed by atoms with E-state index in [4.69, 9.17) is 40.5 Å². The summed E-state index contributed by atoms with van der Waals surface area (Å²) in [6.45, 7) is 7.01. The molecule has 4 atom stereocenters. The summed E-state index contributed by atoms with van der Waals surface area (Å²) in [6, 6.07) is 17.3. The first-order valence-corrected chi connectivity index (χ1v) is 27.6. The van der Waals surface area contributed by atoms with Crippen molar-refractivity contribution in [3.05, 3.63) is 112 Å². The van der Waals surface area contributed by atoms with Crippen LogP contribution in [0.25, 0.3) is 49.1 Å². The van der Waals surface area contributed by atoms with Crippen molar-refractivity contribution in [3.8, 4) is 39.1 Å². The molecule has 2 bridgehead atoms. The van der Waals surface area contributed by atoms with Crippen molar-refractivity contribution >= 4 is 56.5 Å². The van der Waals surface area contributed by atoms with Crippen LogP contribution in [0.5, 0.6) is 17.5 Å². The summed E-state index contributed by atoms with van der Waals surface area (Å²) in [5, 5.41) is 16.9. The average molecular weight is 1060 g/mol. The maximum absolute atomic E-state index is 16.2. The van der Waals surface area contributed by atoms with Crippen molar-refractivity contribution in [2.24, 2.45) is 11.6 Å². The molecule has 0 spiro atoms. The Labute approximate surface area is 448 Å². The minimum atomic E-state index is -0.593. The molecule has 20 heteroatoms. The molecule has 4 saturated heterocycles. The highest BCUT2D eigenvalue weighted by atomic mass is 32.1. The van der Waals surface area contributed by atoms with Gasteiger partial charge in [0.05, 0.1) is 58.1 Å². The Morgan fingerprint density at radius 3 is 2.61 bits per heavy atom. The second-order valence-corrected chi connectivity index (χ2v) is 22.1. The van der Waals surface area contributed by atoms with Crippen molar-refractivity contribution in [3.63, 3.8) is 0 Å². The van der Waals surface area contributed by atoms with Gasteiger partial charge < -0.3 is 50.1 Å². The third kappa shape index (κ3) is 9.23. The monoisotopic (exact) mass is 1060 g/mol. The van der Waals surface area contributed by atoms with E-state index in [9.17, 15) is 9.59 Å². The first-order chi connectivity index (χ1) is 37.5. The fourth-order valence-corrected chi connectivity index (χ4v) is 13.0. The second-order valence-electron chi connectivity index (χ2n) is 21.3. The number of aryl methyl sites for hydroxylation is 1. The SMILES string of the molecule is Cc1ncsc1-c1ccc(CNC(=O)C2CCCN2C(=O)CN(N)/C=C(\N)c2ccc(COc3c(-c4c(C)c(F)cc5[nH]ncc45)c(C4CC4)c4c5c(nc(OC6CCOCC6)nc35)N3C5CNC(C5)C3CO4)cc2)cc1. The van der Waals surface area contributed by atoms with Gasteiger partial charge in [0, 0.05) is 72.8 Å². The number of aromatic nitrogens is 5. The number of ether oxygens (including phenoxy) is 4. The summed E-state index contributed by atoms with van der Waals surface area (Å²) in [4.78, 5) is 47.1. The number of aromatic amines is 1. The van der Waals surface area contributed by atoms with Crippen molar-refractivity contribution in [1.82, 2.24) is 45.7 Å². The van der Waals surface area contributed by atoms with Crippen LogP contribution in [0, 0.1) is 19.7 Å². The van der Waals surface area contributed by atoms with Gasteiger partial charge in [-0.15, -0.1) is 11.3 Å². The van der Waals surface area contributed by atoms with Gasteiger partial charge >= 0.3 is 6.01 Å². The molecule has 5 fully saturated rings. The number of hydrazine groups is 1. The van der Waals surface area contributed by atoms with E-state index in [1.54, 1.807) is 29.4 Å². The Balaban J connectivity index is 0.770. The van der Waals surface area contributed by atoms with Gasteiger partial charge in [-0.2, -0.15) is 15.1 Å². The lowest BCUT2D eigenvalue weighted by Gasteiger charge is -2.35. The van der Waals surface area contributed by atoms with Crippen LogP contribution in [-0.2, 0) is 27.5 Å². The number of anilines is 1. The number of H-pyrrole nitrogens is 1. The van der Waals surface area contributed by atoms with Gasteiger partial charge in [-0.1, -0.05) is 48.5 Å². The Kier molecular flexibility index (Phi) is 12.9. The molecule has 0 radical (unpaired) electrons. The first kappa shape index (κ1) is 49.2. The van der Waals surface area contributed by atoms with E-state index in [0.717, 1.165) is 86.5 Å². The molecule has 2 amide bonds. The lowest BCUT2D eigenvalue weighted by Crippen LogP contribution is -2.53. The molecule has 398 valence electrons. The van der Waals surface area contributed by atoms with Gasteiger partial charge in [-0.05, 0) is 85.8 Å². The number of hydrogen-bond acceptors (Lipinski definition) is 16. The van der Waals surface area contributed by atoms with E-state index in [-0.39, 0.29) is 66.9 Å². The van der Waals surface area contributed by atoms with Crippen LogP contribution in [-0.4, -0.2) is 117 Å². The number of hydrogen-bond donors (Lipinski definition) is 5. The number of nitrogens with one attached hydrogen (secondary N) is 3. The van der Waals surface area contributed by atoms with Crippen molar-refractivity contribution in [2.45, 2.75) is 108 Å². The molecule has 4 unspecified atom stereocenters. The van der Waals surface area contributed by atoms with E-state index in [2.05, 4.69) is 30.7 Å². The van der Waals surface area contributed by atoms with Crippen LogP contribution in [0.15, 0.2) is 72.5 Å². The lowest BCUT2D eigenvalue weighted by atomic mass is 9.88. The normalized spacial score (nSPS) is 21.1. The smallest absolute Gasteiger partial charge is 0.319 e.